The Morgan fingerprint density at radius 2 is 1.95 bits per heavy atom. The van der Waals surface area contributed by atoms with E-state index in [2.05, 4.69) is 33.0 Å². The van der Waals surface area contributed by atoms with Crippen LogP contribution in [0.5, 0.6) is 5.75 Å². The maximum absolute atomic E-state index is 10.7. The van der Waals surface area contributed by atoms with Crippen molar-refractivity contribution in [3.8, 4) is 5.75 Å². The summed E-state index contributed by atoms with van der Waals surface area (Å²) in [6, 6.07) is 4.27. The van der Waals surface area contributed by atoms with Gasteiger partial charge in [-0.3, -0.25) is 14.6 Å². The minimum Gasteiger partial charge on any atom is -0.493 e. The first-order valence-corrected chi connectivity index (χ1v) is 8.02. The molecule has 0 atom stereocenters. The van der Waals surface area contributed by atoms with Gasteiger partial charge in [0.25, 0.3) is 0 Å². The van der Waals surface area contributed by atoms with Crippen molar-refractivity contribution in [1.82, 2.24) is 9.80 Å². The second kappa shape index (κ2) is 6.34. The molecule has 1 saturated heterocycles. The molecule has 0 radical (unpaired) electrons. The highest BCUT2D eigenvalue weighted by Crippen LogP contribution is 2.33. The maximum Gasteiger partial charge on any atom is 0.317 e. The fourth-order valence-electron chi connectivity index (χ4n) is 3.00. The van der Waals surface area contributed by atoms with E-state index in [1.165, 1.54) is 11.1 Å². The highest BCUT2D eigenvalue weighted by atomic mass is 79.9. The van der Waals surface area contributed by atoms with Crippen LogP contribution in [0.2, 0.25) is 0 Å². The fourth-order valence-corrected chi connectivity index (χ4v) is 3.55. The molecule has 1 aromatic carbocycles. The third kappa shape index (κ3) is 3.56. The lowest BCUT2D eigenvalue weighted by Crippen LogP contribution is -2.47. The number of hydrogen-bond acceptors (Lipinski definition) is 4. The molecular weight excluding hydrogens is 336 g/mol. The van der Waals surface area contributed by atoms with Crippen LogP contribution in [0.25, 0.3) is 0 Å². The predicted octanol–water partition coefficient (Wildman–Crippen LogP) is 1.59. The SMILES string of the molecule is O=C(O)CN1CCN(Cc2cc(Br)cc3c2OCC3)CC1. The molecule has 2 aliphatic rings. The Balaban J connectivity index is 1.62. The van der Waals surface area contributed by atoms with E-state index >= 15 is 0 Å². The zero-order chi connectivity index (χ0) is 14.8. The van der Waals surface area contributed by atoms with Crippen molar-refractivity contribution in [3.63, 3.8) is 0 Å². The Morgan fingerprint density at radius 3 is 2.67 bits per heavy atom. The average Bonchev–Trinajstić information content (AvgIpc) is 2.88. The van der Waals surface area contributed by atoms with Crippen LogP contribution in [-0.2, 0) is 17.8 Å². The van der Waals surface area contributed by atoms with Crippen molar-refractivity contribution in [2.75, 3.05) is 39.3 Å². The lowest BCUT2D eigenvalue weighted by molar-refractivity contribution is -0.138. The summed E-state index contributed by atoms with van der Waals surface area (Å²) in [5.74, 6) is 0.299. The number of rotatable bonds is 4. The van der Waals surface area contributed by atoms with Crippen molar-refractivity contribution in [3.05, 3.63) is 27.7 Å². The number of halogens is 1. The molecule has 2 aliphatic heterocycles. The van der Waals surface area contributed by atoms with Crippen LogP contribution >= 0.6 is 15.9 Å². The minimum absolute atomic E-state index is 0.142. The molecule has 0 spiro atoms. The van der Waals surface area contributed by atoms with Crippen LogP contribution < -0.4 is 4.74 Å². The molecular formula is C15H19BrN2O3. The number of ether oxygens (including phenoxy) is 1. The summed E-state index contributed by atoms with van der Waals surface area (Å²) in [6.07, 6.45) is 0.980. The molecule has 0 saturated carbocycles. The normalized spacial score (nSPS) is 19.3. The van der Waals surface area contributed by atoms with Crippen LogP contribution in [0.4, 0.5) is 0 Å². The molecule has 0 bridgehead atoms. The van der Waals surface area contributed by atoms with Crippen molar-refractivity contribution >= 4 is 21.9 Å². The van der Waals surface area contributed by atoms with E-state index in [4.69, 9.17) is 9.84 Å². The Labute approximate surface area is 132 Å². The van der Waals surface area contributed by atoms with Gasteiger partial charge in [-0.2, -0.15) is 0 Å². The summed E-state index contributed by atoms with van der Waals surface area (Å²) in [4.78, 5) is 15.1. The number of hydrogen-bond donors (Lipinski definition) is 1. The number of carbonyl (C=O) groups is 1. The molecule has 5 nitrogen and oxygen atoms in total. The molecule has 0 unspecified atom stereocenters. The topological polar surface area (TPSA) is 53.0 Å². The number of nitrogens with zero attached hydrogens (tertiary/aromatic N) is 2. The van der Waals surface area contributed by atoms with Gasteiger partial charge in [0.1, 0.15) is 5.75 Å². The molecule has 3 rings (SSSR count). The molecule has 0 amide bonds. The molecule has 6 heteroatoms. The van der Waals surface area contributed by atoms with Gasteiger partial charge in [-0.15, -0.1) is 0 Å². The zero-order valence-electron chi connectivity index (χ0n) is 11.8. The zero-order valence-corrected chi connectivity index (χ0v) is 13.4. The van der Waals surface area contributed by atoms with Gasteiger partial charge >= 0.3 is 5.97 Å². The summed E-state index contributed by atoms with van der Waals surface area (Å²) >= 11 is 3.57. The van der Waals surface area contributed by atoms with Gasteiger partial charge < -0.3 is 9.84 Å². The second-order valence-corrected chi connectivity index (χ2v) is 6.51. The van der Waals surface area contributed by atoms with Crippen LogP contribution in [0, 0.1) is 0 Å². The van der Waals surface area contributed by atoms with Gasteiger partial charge in [0.2, 0.25) is 0 Å². The van der Waals surface area contributed by atoms with Crippen LogP contribution in [0.15, 0.2) is 16.6 Å². The average molecular weight is 355 g/mol. The van der Waals surface area contributed by atoms with Crippen molar-refractivity contribution in [2.24, 2.45) is 0 Å². The lowest BCUT2D eigenvalue weighted by Gasteiger charge is -2.34. The summed E-state index contributed by atoms with van der Waals surface area (Å²) < 4.78 is 6.87. The summed E-state index contributed by atoms with van der Waals surface area (Å²) in [5.41, 5.74) is 2.51. The summed E-state index contributed by atoms with van der Waals surface area (Å²) in [6.45, 7) is 5.19. The molecule has 114 valence electrons. The third-order valence-corrected chi connectivity index (χ3v) is 4.50. The number of carboxylic acid groups (broad SMARTS) is 1. The number of aliphatic carboxylic acids is 1. The van der Waals surface area contributed by atoms with Crippen molar-refractivity contribution in [1.29, 1.82) is 0 Å². The summed E-state index contributed by atoms with van der Waals surface area (Å²) in [5, 5.41) is 8.83. The molecule has 0 aromatic heterocycles. The first-order chi connectivity index (χ1) is 10.1. The summed E-state index contributed by atoms with van der Waals surface area (Å²) in [7, 11) is 0. The standard InChI is InChI=1S/C15H19BrN2O3/c16-13-7-11-1-6-21-15(11)12(8-13)9-17-2-4-18(5-3-17)10-14(19)20/h7-8H,1-6,9-10H2,(H,19,20). The Kier molecular flexibility index (Phi) is 4.47. The molecule has 0 aliphatic carbocycles. The largest absolute Gasteiger partial charge is 0.493 e. The van der Waals surface area contributed by atoms with E-state index < -0.39 is 5.97 Å². The van der Waals surface area contributed by atoms with Crippen LogP contribution in [-0.4, -0.2) is 60.2 Å². The van der Waals surface area contributed by atoms with E-state index in [0.29, 0.717) is 0 Å². The highest BCUT2D eigenvalue weighted by Gasteiger charge is 2.22. The van der Waals surface area contributed by atoms with E-state index in [0.717, 1.165) is 56.0 Å². The van der Waals surface area contributed by atoms with Crippen LogP contribution in [0.3, 0.4) is 0 Å². The Bertz CT molecular complexity index is 542. The predicted molar refractivity (Wildman–Crippen MR) is 82.7 cm³/mol. The van der Waals surface area contributed by atoms with Crippen molar-refractivity contribution in [2.45, 2.75) is 13.0 Å². The molecule has 21 heavy (non-hydrogen) atoms. The molecule has 1 N–H and O–H groups in total. The monoisotopic (exact) mass is 354 g/mol. The minimum atomic E-state index is -0.748. The maximum atomic E-state index is 10.7. The van der Waals surface area contributed by atoms with E-state index in [-0.39, 0.29) is 6.54 Å². The number of carboxylic acids is 1. The first kappa shape index (κ1) is 14.8. The Morgan fingerprint density at radius 1 is 1.24 bits per heavy atom. The number of benzene rings is 1. The molecule has 1 fully saturated rings. The van der Waals surface area contributed by atoms with E-state index in [9.17, 15) is 4.79 Å². The smallest absolute Gasteiger partial charge is 0.317 e. The van der Waals surface area contributed by atoms with Crippen LogP contribution in [0.1, 0.15) is 11.1 Å². The third-order valence-electron chi connectivity index (χ3n) is 4.04. The quantitative estimate of drug-likeness (QED) is 0.889. The van der Waals surface area contributed by atoms with E-state index in [1.54, 1.807) is 0 Å². The van der Waals surface area contributed by atoms with Gasteiger partial charge in [0.05, 0.1) is 13.2 Å². The van der Waals surface area contributed by atoms with Gasteiger partial charge in [-0.25, -0.2) is 0 Å². The first-order valence-electron chi connectivity index (χ1n) is 7.22. The molecule has 1 aromatic rings. The lowest BCUT2D eigenvalue weighted by atomic mass is 10.1. The van der Waals surface area contributed by atoms with Gasteiger partial charge in [-0.05, 0) is 17.7 Å². The van der Waals surface area contributed by atoms with Gasteiger partial charge in [-0.1, -0.05) is 15.9 Å². The fraction of sp³-hybridized carbons (Fsp3) is 0.533. The van der Waals surface area contributed by atoms with E-state index in [1.807, 2.05) is 4.90 Å². The Hall–Kier alpha value is -1.11. The second-order valence-electron chi connectivity index (χ2n) is 5.60. The number of fused-ring (bicyclic) bond motifs is 1. The molecule has 2 heterocycles. The van der Waals surface area contributed by atoms with Crippen molar-refractivity contribution < 1.29 is 14.6 Å². The highest BCUT2D eigenvalue weighted by molar-refractivity contribution is 9.10. The van der Waals surface area contributed by atoms with Gasteiger partial charge in [0.15, 0.2) is 0 Å². The van der Waals surface area contributed by atoms with Gasteiger partial charge in [0, 0.05) is 49.2 Å². The number of piperazine rings is 1.